The molecule has 4 nitrogen and oxygen atoms in total. The fraction of sp³-hybridized carbons (Fsp3) is 0.667. The van der Waals surface area contributed by atoms with E-state index in [0.717, 1.165) is 12.8 Å². The normalized spacial score (nSPS) is 11.8. The number of unbranched alkanes of at least 4 members (excludes halogenated alkanes) is 1. The molecular formula is C12H19NO3. The third-order valence-corrected chi connectivity index (χ3v) is 2.32. The number of carboxylic acid groups (broad SMARTS) is 1. The molecule has 0 amide bonds. The highest BCUT2D eigenvalue weighted by Crippen LogP contribution is 2.26. The van der Waals surface area contributed by atoms with Crippen LogP contribution in [0.2, 0.25) is 0 Å². The number of aromatic nitrogens is 1. The van der Waals surface area contributed by atoms with Crippen LogP contribution in [0.1, 0.15) is 62.7 Å². The molecule has 0 saturated heterocycles. The van der Waals surface area contributed by atoms with E-state index in [4.69, 9.17) is 9.52 Å². The molecule has 0 radical (unpaired) electrons. The summed E-state index contributed by atoms with van der Waals surface area (Å²) < 4.78 is 5.29. The zero-order chi connectivity index (χ0) is 12.3. The average molecular weight is 225 g/mol. The molecule has 90 valence electrons. The zero-order valence-electron chi connectivity index (χ0n) is 10.3. The number of aromatic carboxylic acids is 1. The Labute approximate surface area is 95.7 Å². The van der Waals surface area contributed by atoms with Crippen molar-refractivity contribution in [1.82, 2.24) is 4.98 Å². The van der Waals surface area contributed by atoms with Gasteiger partial charge >= 0.3 is 5.97 Å². The van der Waals surface area contributed by atoms with Gasteiger partial charge in [0, 0.05) is 11.8 Å². The summed E-state index contributed by atoms with van der Waals surface area (Å²) in [5.41, 5.74) is 0.230. The molecule has 0 aliphatic heterocycles. The monoisotopic (exact) mass is 225 g/mol. The topological polar surface area (TPSA) is 63.3 Å². The highest BCUT2D eigenvalue weighted by Gasteiger charge is 2.28. The van der Waals surface area contributed by atoms with Gasteiger partial charge in [0.1, 0.15) is 0 Å². The van der Waals surface area contributed by atoms with Gasteiger partial charge in [0.25, 0.3) is 0 Å². The van der Waals surface area contributed by atoms with Gasteiger partial charge in [-0.15, -0.1) is 0 Å². The largest absolute Gasteiger partial charge is 0.475 e. The van der Waals surface area contributed by atoms with Crippen LogP contribution in [0.3, 0.4) is 0 Å². The first-order valence-electron chi connectivity index (χ1n) is 5.59. The van der Waals surface area contributed by atoms with Gasteiger partial charge in [0.15, 0.2) is 5.89 Å². The van der Waals surface area contributed by atoms with Crippen molar-refractivity contribution in [2.75, 3.05) is 0 Å². The molecule has 0 fully saturated rings. The second-order valence-corrected chi connectivity index (χ2v) is 4.94. The molecule has 0 unspecified atom stereocenters. The maximum absolute atomic E-state index is 11.0. The number of rotatable bonds is 4. The summed E-state index contributed by atoms with van der Waals surface area (Å²) >= 11 is 0. The lowest BCUT2D eigenvalue weighted by molar-refractivity contribution is 0.0656. The quantitative estimate of drug-likeness (QED) is 0.855. The summed E-state index contributed by atoms with van der Waals surface area (Å²) in [6.07, 6.45) is 2.70. The second kappa shape index (κ2) is 4.68. The van der Waals surface area contributed by atoms with Gasteiger partial charge in [-0.1, -0.05) is 34.1 Å². The van der Waals surface area contributed by atoms with Crippen molar-refractivity contribution in [3.8, 4) is 0 Å². The van der Waals surface area contributed by atoms with Crippen LogP contribution in [0.5, 0.6) is 0 Å². The molecule has 0 aliphatic rings. The Hall–Kier alpha value is -1.32. The number of nitrogens with zero attached hydrogens (tertiary/aromatic N) is 1. The summed E-state index contributed by atoms with van der Waals surface area (Å²) in [5.74, 6) is -0.525. The first-order chi connectivity index (χ1) is 7.36. The molecule has 0 saturated carbocycles. The van der Waals surface area contributed by atoms with E-state index in [0.29, 0.717) is 18.0 Å². The Kier molecular flexibility index (Phi) is 3.73. The lowest BCUT2D eigenvalue weighted by atomic mass is 9.91. The second-order valence-electron chi connectivity index (χ2n) is 4.94. The van der Waals surface area contributed by atoms with Crippen LogP contribution in [0, 0.1) is 0 Å². The summed E-state index contributed by atoms with van der Waals surface area (Å²) in [6.45, 7) is 7.87. The van der Waals surface area contributed by atoms with Crippen LogP contribution < -0.4 is 0 Å². The van der Waals surface area contributed by atoms with Gasteiger partial charge in [-0.2, -0.15) is 0 Å². The van der Waals surface area contributed by atoms with E-state index >= 15 is 0 Å². The molecule has 0 atom stereocenters. The van der Waals surface area contributed by atoms with E-state index in [9.17, 15) is 4.79 Å². The van der Waals surface area contributed by atoms with Crippen LogP contribution in [0.4, 0.5) is 0 Å². The lowest BCUT2D eigenvalue weighted by Gasteiger charge is -2.14. The Morgan fingerprint density at radius 3 is 2.44 bits per heavy atom. The molecule has 16 heavy (non-hydrogen) atoms. The Morgan fingerprint density at radius 2 is 2.06 bits per heavy atom. The predicted octanol–water partition coefficient (Wildman–Crippen LogP) is 3.01. The van der Waals surface area contributed by atoms with Gasteiger partial charge in [-0.05, 0) is 6.42 Å². The minimum absolute atomic E-state index is 0.0152. The molecule has 0 aliphatic carbocycles. The smallest absolute Gasteiger partial charge is 0.373 e. The average Bonchev–Trinajstić information content (AvgIpc) is 2.58. The lowest BCUT2D eigenvalue weighted by Crippen LogP contribution is -2.16. The van der Waals surface area contributed by atoms with Crippen LogP contribution in [-0.2, 0) is 11.8 Å². The third kappa shape index (κ3) is 2.84. The number of carbonyl (C=O) groups is 1. The Bertz CT molecular complexity index is 374. The third-order valence-electron chi connectivity index (χ3n) is 2.32. The minimum atomic E-state index is -1.04. The van der Waals surface area contributed by atoms with Crippen molar-refractivity contribution in [3.63, 3.8) is 0 Å². The fourth-order valence-electron chi connectivity index (χ4n) is 1.45. The predicted molar refractivity (Wildman–Crippen MR) is 60.8 cm³/mol. The van der Waals surface area contributed by atoms with Crippen LogP contribution in [-0.4, -0.2) is 16.1 Å². The number of oxazole rings is 1. The van der Waals surface area contributed by atoms with Gasteiger partial charge < -0.3 is 9.52 Å². The highest BCUT2D eigenvalue weighted by atomic mass is 16.4. The molecule has 0 aromatic carbocycles. The molecule has 4 heteroatoms. The van der Waals surface area contributed by atoms with E-state index in [2.05, 4.69) is 11.9 Å². The van der Waals surface area contributed by atoms with E-state index in [1.165, 1.54) is 0 Å². The summed E-state index contributed by atoms with van der Waals surface area (Å²) in [7, 11) is 0. The molecule has 1 N–H and O–H groups in total. The van der Waals surface area contributed by atoms with Gasteiger partial charge in [-0.3, -0.25) is 0 Å². The van der Waals surface area contributed by atoms with Gasteiger partial charge in [-0.25, -0.2) is 9.78 Å². The summed E-state index contributed by atoms with van der Waals surface area (Å²) in [5, 5.41) is 9.03. The molecule has 1 aromatic heterocycles. The molecule has 1 rings (SSSR count). The Morgan fingerprint density at radius 1 is 1.44 bits per heavy atom. The Balaban J connectivity index is 3.06. The van der Waals surface area contributed by atoms with Crippen molar-refractivity contribution < 1.29 is 14.3 Å². The van der Waals surface area contributed by atoms with Crippen molar-refractivity contribution >= 4 is 5.97 Å². The zero-order valence-corrected chi connectivity index (χ0v) is 10.3. The van der Waals surface area contributed by atoms with Gasteiger partial charge in [0.05, 0.1) is 5.69 Å². The molecule has 1 aromatic rings. The standard InChI is InChI=1S/C12H19NO3/c1-5-6-7-8-13-10(12(2,3)4)9(16-8)11(14)15/h5-7H2,1-4H3,(H,14,15). The van der Waals surface area contributed by atoms with Crippen LogP contribution in [0.25, 0.3) is 0 Å². The maximum atomic E-state index is 11.0. The van der Waals surface area contributed by atoms with Crippen molar-refractivity contribution in [3.05, 3.63) is 17.3 Å². The van der Waals surface area contributed by atoms with Gasteiger partial charge in [0.2, 0.25) is 5.76 Å². The number of aryl methyl sites for hydroxylation is 1. The van der Waals surface area contributed by atoms with E-state index < -0.39 is 5.97 Å². The molecular weight excluding hydrogens is 206 g/mol. The number of hydrogen-bond donors (Lipinski definition) is 1. The van der Waals surface area contributed by atoms with Crippen LogP contribution >= 0.6 is 0 Å². The van der Waals surface area contributed by atoms with E-state index in [1.54, 1.807) is 0 Å². The fourth-order valence-corrected chi connectivity index (χ4v) is 1.45. The summed E-state index contributed by atoms with van der Waals surface area (Å²) in [6, 6.07) is 0. The first kappa shape index (κ1) is 12.7. The summed E-state index contributed by atoms with van der Waals surface area (Å²) in [4.78, 5) is 15.3. The maximum Gasteiger partial charge on any atom is 0.373 e. The van der Waals surface area contributed by atoms with Crippen molar-refractivity contribution in [2.24, 2.45) is 0 Å². The highest BCUT2D eigenvalue weighted by molar-refractivity contribution is 5.86. The number of hydrogen-bond acceptors (Lipinski definition) is 3. The minimum Gasteiger partial charge on any atom is -0.475 e. The SMILES string of the molecule is CCCCc1nc(C(C)(C)C)c(C(=O)O)o1. The van der Waals surface area contributed by atoms with E-state index in [1.807, 2.05) is 20.8 Å². The van der Waals surface area contributed by atoms with Crippen LogP contribution in [0.15, 0.2) is 4.42 Å². The molecule has 0 bridgehead atoms. The van der Waals surface area contributed by atoms with Crippen molar-refractivity contribution in [2.45, 2.75) is 52.4 Å². The number of carboxylic acids is 1. The van der Waals surface area contributed by atoms with Crippen molar-refractivity contribution in [1.29, 1.82) is 0 Å². The molecule has 0 spiro atoms. The first-order valence-corrected chi connectivity index (χ1v) is 5.59. The molecule has 1 heterocycles. The van der Waals surface area contributed by atoms with E-state index in [-0.39, 0.29) is 11.2 Å².